The Morgan fingerprint density at radius 1 is 1.11 bits per heavy atom. The number of aliphatic carboxylic acids is 1. The number of ether oxygens (including phenoxy) is 2. The maximum Gasteiger partial charge on any atom is 0.408 e. The number of nitrogens with one attached hydrogen (secondary N) is 1. The van der Waals surface area contributed by atoms with Crippen molar-refractivity contribution in [3.63, 3.8) is 0 Å². The number of rotatable bonds is 7. The number of carbonyl (C=O) groups is 2. The summed E-state index contributed by atoms with van der Waals surface area (Å²) in [6.45, 7) is 5.51. The first-order chi connectivity index (χ1) is 13.1. The molecule has 6 nitrogen and oxygen atoms in total. The Hall–Kier alpha value is -2.73. The van der Waals surface area contributed by atoms with E-state index in [1.54, 1.807) is 51.1 Å². The maximum atomic E-state index is 11.8. The smallest absolute Gasteiger partial charge is 0.408 e. The van der Waals surface area contributed by atoms with Gasteiger partial charge in [-0.2, -0.15) is 0 Å². The summed E-state index contributed by atoms with van der Waals surface area (Å²) < 4.78 is 10.8. The highest BCUT2D eigenvalue weighted by atomic mass is 35.5. The quantitative estimate of drug-likeness (QED) is 0.711. The molecule has 1 amide bonds. The van der Waals surface area contributed by atoms with Gasteiger partial charge in [0.25, 0.3) is 0 Å². The van der Waals surface area contributed by atoms with Gasteiger partial charge in [-0.15, -0.1) is 0 Å². The third-order valence-electron chi connectivity index (χ3n) is 3.65. The molecule has 28 heavy (non-hydrogen) atoms. The number of benzene rings is 2. The first-order valence-corrected chi connectivity index (χ1v) is 9.19. The van der Waals surface area contributed by atoms with Gasteiger partial charge in [0.15, 0.2) is 0 Å². The van der Waals surface area contributed by atoms with Gasteiger partial charge in [-0.25, -0.2) is 9.59 Å². The summed E-state index contributed by atoms with van der Waals surface area (Å²) in [6, 6.07) is 13.3. The van der Waals surface area contributed by atoms with E-state index in [4.69, 9.17) is 21.1 Å². The standard InChI is InChI=1S/C21H24ClNO5/c1-21(2,3)28-20(26)23-18(19(24)25)12-14-7-9-17(10-8-14)27-13-15-5-4-6-16(22)11-15/h4-11,18H,12-13H2,1-3H3,(H,23,26)(H,24,25). The van der Waals surface area contributed by atoms with Crippen molar-refractivity contribution in [2.45, 2.75) is 45.4 Å². The third kappa shape index (κ3) is 7.48. The largest absolute Gasteiger partial charge is 0.489 e. The van der Waals surface area contributed by atoms with E-state index in [2.05, 4.69) is 5.32 Å². The molecular weight excluding hydrogens is 382 g/mol. The van der Waals surface area contributed by atoms with Crippen LogP contribution in [-0.4, -0.2) is 28.8 Å². The van der Waals surface area contributed by atoms with Gasteiger partial charge in [0.2, 0.25) is 0 Å². The molecule has 0 fully saturated rings. The van der Waals surface area contributed by atoms with Crippen molar-refractivity contribution in [2.75, 3.05) is 0 Å². The van der Waals surface area contributed by atoms with Crippen molar-refractivity contribution in [3.8, 4) is 5.75 Å². The molecule has 1 unspecified atom stereocenters. The predicted octanol–water partition coefficient (Wildman–Crippen LogP) is 4.44. The number of hydrogen-bond donors (Lipinski definition) is 2. The minimum absolute atomic E-state index is 0.128. The van der Waals surface area contributed by atoms with Crippen LogP contribution < -0.4 is 10.1 Å². The van der Waals surface area contributed by atoms with Crippen LogP contribution in [0.15, 0.2) is 48.5 Å². The van der Waals surface area contributed by atoms with Gasteiger partial charge in [-0.3, -0.25) is 0 Å². The summed E-state index contributed by atoms with van der Waals surface area (Å²) in [4.78, 5) is 23.3. The molecule has 0 aromatic heterocycles. The van der Waals surface area contributed by atoms with Crippen molar-refractivity contribution in [3.05, 3.63) is 64.7 Å². The van der Waals surface area contributed by atoms with Crippen molar-refractivity contribution in [1.29, 1.82) is 0 Å². The minimum Gasteiger partial charge on any atom is -0.489 e. The van der Waals surface area contributed by atoms with Crippen LogP contribution in [0.1, 0.15) is 31.9 Å². The lowest BCUT2D eigenvalue weighted by Gasteiger charge is -2.22. The number of carbonyl (C=O) groups excluding carboxylic acids is 1. The van der Waals surface area contributed by atoms with Gasteiger partial charge in [0.05, 0.1) is 0 Å². The summed E-state index contributed by atoms with van der Waals surface area (Å²) in [5.41, 5.74) is 0.998. The molecule has 7 heteroatoms. The number of halogens is 1. The fourth-order valence-corrected chi connectivity index (χ4v) is 2.61. The minimum atomic E-state index is -1.13. The highest BCUT2D eigenvalue weighted by Crippen LogP contribution is 2.17. The molecule has 0 spiro atoms. The molecule has 0 saturated carbocycles. The average molecular weight is 406 g/mol. The normalized spacial score (nSPS) is 12.1. The lowest BCUT2D eigenvalue weighted by molar-refractivity contribution is -0.139. The Balaban J connectivity index is 1.93. The lowest BCUT2D eigenvalue weighted by Crippen LogP contribution is -2.44. The SMILES string of the molecule is CC(C)(C)OC(=O)NC(Cc1ccc(OCc2cccc(Cl)c2)cc1)C(=O)O. The molecule has 0 saturated heterocycles. The molecule has 0 heterocycles. The molecule has 2 aromatic carbocycles. The Kier molecular flexibility index (Phi) is 7.29. The zero-order valence-corrected chi connectivity index (χ0v) is 16.8. The highest BCUT2D eigenvalue weighted by molar-refractivity contribution is 6.30. The van der Waals surface area contributed by atoms with E-state index in [0.717, 1.165) is 11.1 Å². The number of hydrogen-bond acceptors (Lipinski definition) is 4. The first kappa shape index (κ1) is 21.6. The Bertz CT molecular complexity index is 814. The summed E-state index contributed by atoms with van der Waals surface area (Å²) in [5, 5.41) is 12.4. The van der Waals surface area contributed by atoms with Crippen LogP contribution in [0.2, 0.25) is 5.02 Å². The molecule has 0 radical (unpaired) electrons. The Labute approximate surface area is 169 Å². The Morgan fingerprint density at radius 2 is 1.79 bits per heavy atom. The van der Waals surface area contributed by atoms with Crippen molar-refractivity contribution < 1.29 is 24.2 Å². The van der Waals surface area contributed by atoms with E-state index in [-0.39, 0.29) is 6.42 Å². The van der Waals surface area contributed by atoms with Crippen molar-refractivity contribution in [1.82, 2.24) is 5.32 Å². The molecule has 150 valence electrons. The molecule has 2 aromatic rings. The molecule has 0 aliphatic carbocycles. The van der Waals surface area contributed by atoms with Crippen LogP contribution in [0.3, 0.4) is 0 Å². The van der Waals surface area contributed by atoms with Crippen molar-refractivity contribution in [2.24, 2.45) is 0 Å². The van der Waals surface area contributed by atoms with Crippen LogP contribution in [0, 0.1) is 0 Å². The molecule has 0 aliphatic rings. The third-order valence-corrected chi connectivity index (χ3v) is 3.88. The van der Waals surface area contributed by atoms with Crippen molar-refractivity contribution >= 4 is 23.7 Å². The topological polar surface area (TPSA) is 84.9 Å². The fourth-order valence-electron chi connectivity index (χ4n) is 2.40. The molecule has 0 aliphatic heterocycles. The zero-order chi connectivity index (χ0) is 20.7. The highest BCUT2D eigenvalue weighted by Gasteiger charge is 2.24. The van der Waals surface area contributed by atoms with E-state index < -0.39 is 23.7 Å². The molecule has 0 bridgehead atoms. The van der Waals surface area contributed by atoms with Crippen LogP contribution in [0.4, 0.5) is 4.79 Å². The van der Waals surface area contributed by atoms with Crippen LogP contribution in [0.5, 0.6) is 5.75 Å². The van der Waals surface area contributed by atoms with E-state index in [1.165, 1.54) is 0 Å². The van der Waals surface area contributed by atoms with Crippen LogP contribution in [-0.2, 0) is 22.6 Å². The van der Waals surface area contributed by atoms with Gasteiger partial charge in [-0.1, -0.05) is 35.9 Å². The van der Waals surface area contributed by atoms with Gasteiger partial charge < -0.3 is 19.9 Å². The second-order valence-corrected chi connectivity index (χ2v) is 7.74. The van der Waals surface area contributed by atoms with Gasteiger partial charge in [0.1, 0.15) is 24.0 Å². The first-order valence-electron chi connectivity index (χ1n) is 8.81. The van der Waals surface area contributed by atoms with E-state index in [1.807, 2.05) is 18.2 Å². The van der Waals surface area contributed by atoms with E-state index in [0.29, 0.717) is 17.4 Å². The number of alkyl carbamates (subject to hydrolysis) is 1. The molecule has 2 N–H and O–H groups in total. The Morgan fingerprint density at radius 3 is 2.36 bits per heavy atom. The second kappa shape index (κ2) is 9.46. The number of carboxylic acid groups (broad SMARTS) is 1. The molecular formula is C21H24ClNO5. The summed E-state index contributed by atoms with van der Waals surface area (Å²) in [6.07, 6.45) is -0.634. The molecule has 2 rings (SSSR count). The van der Waals surface area contributed by atoms with Gasteiger partial charge >= 0.3 is 12.1 Å². The van der Waals surface area contributed by atoms with Crippen LogP contribution in [0.25, 0.3) is 0 Å². The monoisotopic (exact) mass is 405 g/mol. The molecule has 1 atom stereocenters. The zero-order valence-electron chi connectivity index (χ0n) is 16.1. The second-order valence-electron chi connectivity index (χ2n) is 7.30. The number of carboxylic acids is 1. The summed E-state index contributed by atoms with van der Waals surface area (Å²) >= 11 is 5.95. The van der Waals surface area contributed by atoms with Gasteiger partial charge in [-0.05, 0) is 56.2 Å². The van der Waals surface area contributed by atoms with E-state index in [9.17, 15) is 14.7 Å². The number of amides is 1. The summed E-state index contributed by atoms with van der Waals surface area (Å²) in [7, 11) is 0. The van der Waals surface area contributed by atoms with E-state index >= 15 is 0 Å². The summed E-state index contributed by atoms with van der Waals surface area (Å²) in [5.74, 6) is -0.483. The lowest BCUT2D eigenvalue weighted by atomic mass is 10.1. The van der Waals surface area contributed by atoms with Gasteiger partial charge in [0, 0.05) is 11.4 Å². The van der Waals surface area contributed by atoms with Crippen LogP contribution >= 0.6 is 11.6 Å². The average Bonchev–Trinajstić information content (AvgIpc) is 2.59. The predicted molar refractivity (Wildman–Crippen MR) is 107 cm³/mol. The fraction of sp³-hybridized carbons (Fsp3) is 0.333. The maximum absolute atomic E-state index is 11.8.